The van der Waals surface area contributed by atoms with Crippen LogP contribution in [0.5, 0.6) is 5.75 Å². The molecule has 0 aliphatic heterocycles. The maximum absolute atomic E-state index is 12.4. The summed E-state index contributed by atoms with van der Waals surface area (Å²) >= 11 is 1.29. The number of ether oxygens (including phenoxy) is 1. The number of nitrogens with zero attached hydrogens (tertiary/aromatic N) is 3. The number of allylic oxidation sites excluding steroid dienone is 3. The van der Waals surface area contributed by atoms with Gasteiger partial charge in [-0.1, -0.05) is 23.5 Å². The number of unbranched alkanes of at least 4 members (excludes halogenated alkanes) is 1. The molecule has 0 unspecified atom stereocenters. The van der Waals surface area contributed by atoms with Gasteiger partial charge in [0, 0.05) is 24.9 Å². The van der Waals surface area contributed by atoms with E-state index in [4.69, 9.17) is 17.2 Å². The van der Waals surface area contributed by atoms with Gasteiger partial charge < -0.3 is 32.6 Å². The smallest absolute Gasteiger partial charge is 0.406 e. The van der Waals surface area contributed by atoms with E-state index in [1.54, 1.807) is 20.0 Å². The van der Waals surface area contributed by atoms with E-state index in [9.17, 15) is 22.8 Å². The number of aryl methyl sites for hydroxylation is 1. The molecule has 0 radical (unpaired) electrons. The van der Waals surface area contributed by atoms with E-state index in [1.807, 2.05) is 0 Å². The molecule has 2 aromatic rings. The first-order chi connectivity index (χ1) is 19.4. The second kappa shape index (κ2) is 16.0. The number of amides is 2. The van der Waals surface area contributed by atoms with Crippen molar-refractivity contribution < 1.29 is 27.5 Å². The van der Waals surface area contributed by atoms with E-state index in [-0.39, 0.29) is 24.6 Å². The molecule has 0 spiro atoms. The van der Waals surface area contributed by atoms with Crippen molar-refractivity contribution in [2.45, 2.75) is 51.8 Å². The SMILES string of the molecule is CN=C(C)C(=CN)CC(=O)Nc1nnc(CCCC/C(N)=C/C=C(\N)NC(=O)Cc2cccc(OC(F)(F)F)c2)s1. The average molecular weight is 595 g/mol. The number of halogens is 3. The molecule has 8 N–H and O–H groups in total. The number of benzene rings is 1. The number of carbonyl (C=O) groups is 2. The quantitative estimate of drug-likeness (QED) is 0.125. The molecule has 0 saturated carbocycles. The Morgan fingerprint density at radius 3 is 2.59 bits per heavy atom. The molecule has 1 aromatic carbocycles. The maximum Gasteiger partial charge on any atom is 0.573 e. The van der Waals surface area contributed by atoms with Gasteiger partial charge in [0.1, 0.15) is 16.6 Å². The highest BCUT2D eigenvalue weighted by Crippen LogP contribution is 2.23. The van der Waals surface area contributed by atoms with Crippen LogP contribution < -0.4 is 32.6 Å². The van der Waals surface area contributed by atoms with Crippen LogP contribution in [0.3, 0.4) is 0 Å². The minimum atomic E-state index is -4.82. The summed E-state index contributed by atoms with van der Waals surface area (Å²) in [6.45, 7) is 1.77. The lowest BCUT2D eigenvalue weighted by atomic mass is 10.1. The number of aromatic nitrogens is 2. The van der Waals surface area contributed by atoms with E-state index in [1.165, 1.54) is 35.7 Å². The second-order valence-electron chi connectivity index (χ2n) is 8.72. The maximum atomic E-state index is 12.4. The Bertz CT molecular complexity index is 1320. The van der Waals surface area contributed by atoms with Gasteiger partial charge in [0.05, 0.1) is 12.8 Å². The van der Waals surface area contributed by atoms with E-state index in [0.717, 1.165) is 30.0 Å². The lowest BCUT2D eigenvalue weighted by molar-refractivity contribution is -0.274. The molecule has 15 heteroatoms. The van der Waals surface area contributed by atoms with Crippen LogP contribution in [-0.4, -0.2) is 41.1 Å². The first-order valence-corrected chi connectivity index (χ1v) is 13.2. The van der Waals surface area contributed by atoms with Crippen LogP contribution in [0.4, 0.5) is 18.3 Å². The highest BCUT2D eigenvalue weighted by Gasteiger charge is 2.31. The van der Waals surface area contributed by atoms with Crippen molar-refractivity contribution in [3.05, 3.63) is 70.3 Å². The summed E-state index contributed by atoms with van der Waals surface area (Å²) in [6, 6.07) is 5.13. The molecule has 0 saturated heterocycles. The molecule has 0 fully saturated rings. The second-order valence-corrected chi connectivity index (χ2v) is 9.78. The molecule has 11 nitrogen and oxygen atoms in total. The van der Waals surface area contributed by atoms with Crippen molar-refractivity contribution in [3.8, 4) is 5.75 Å². The van der Waals surface area contributed by atoms with Crippen LogP contribution in [0.25, 0.3) is 0 Å². The number of carbonyl (C=O) groups excluding carboxylic acids is 2. The number of rotatable bonds is 14. The van der Waals surface area contributed by atoms with Crippen LogP contribution in [-0.2, 0) is 22.4 Å². The molecule has 41 heavy (non-hydrogen) atoms. The van der Waals surface area contributed by atoms with Crippen molar-refractivity contribution in [2.24, 2.45) is 22.2 Å². The van der Waals surface area contributed by atoms with Crippen LogP contribution in [0.15, 0.2) is 64.7 Å². The van der Waals surface area contributed by atoms with Crippen LogP contribution in [0, 0.1) is 0 Å². The average Bonchev–Trinajstić information content (AvgIpc) is 3.34. The molecule has 1 aromatic heterocycles. The molecular weight excluding hydrogens is 561 g/mol. The summed E-state index contributed by atoms with van der Waals surface area (Å²) in [5.74, 6) is -1.15. The summed E-state index contributed by atoms with van der Waals surface area (Å²) < 4.78 is 41.0. The zero-order valence-electron chi connectivity index (χ0n) is 22.6. The standard InChI is InChI=1S/C26H33F3N8O3S/c1-16(33-2)18(15-30)14-23(39)35-25-37-36-24(41-25)9-4-3-7-19(31)10-11-21(32)34-22(38)13-17-6-5-8-20(12-17)40-26(27,28)29/h5-6,8,10-12,15H,3-4,7,9,13-14,30-32H2,1-2H3,(H,34,38)(H,35,37,39)/b18-15?,19-10-,21-11+,33-16?. The first-order valence-electron chi connectivity index (χ1n) is 12.4. The third-order valence-electron chi connectivity index (χ3n) is 5.43. The zero-order chi connectivity index (χ0) is 30.4. The summed E-state index contributed by atoms with van der Waals surface area (Å²) in [5.41, 5.74) is 19.6. The van der Waals surface area contributed by atoms with Crippen LogP contribution >= 0.6 is 11.3 Å². The summed E-state index contributed by atoms with van der Waals surface area (Å²) in [5, 5.41) is 14.4. The fraction of sp³-hybridized carbons (Fsp3) is 0.346. The number of nitrogens with two attached hydrogens (primary N) is 3. The predicted molar refractivity (Wildman–Crippen MR) is 152 cm³/mol. The van der Waals surface area contributed by atoms with Gasteiger partial charge in [-0.15, -0.1) is 23.4 Å². The number of aliphatic imine (C=N–C) groups is 1. The van der Waals surface area contributed by atoms with E-state index >= 15 is 0 Å². The van der Waals surface area contributed by atoms with Gasteiger partial charge in [0.2, 0.25) is 16.9 Å². The van der Waals surface area contributed by atoms with Crippen molar-refractivity contribution >= 4 is 34.0 Å². The third-order valence-corrected chi connectivity index (χ3v) is 6.33. The normalized spacial score (nSPS) is 13.2. The summed E-state index contributed by atoms with van der Waals surface area (Å²) in [7, 11) is 1.62. The van der Waals surface area contributed by atoms with Crippen molar-refractivity contribution in [2.75, 3.05) is 12.4 Å². The Hall–Kier alpha value is -4.40. The highest BCUT2D eigenvalue weighted by atomic mass is 32.1. The van der Waals surface area contributed by atoms with E-state index < -0.39 is 18.0 Å². The Morgan fingerprint density at radius 1 is 1.15 bits per heavy atom. The first kappa shape index (κ1) is 32.8. The monoisotopic (exact) mass is 594 g/mol. The predicted octanol–water partition coefficient (Wildman–Crippen LogP) is 3.41. The zero-order valence-corrected chi connectivity index (χ0v) is 23.4. The van der Waals surface area contributed by atoms with Crippen molar-refractivity contribution in [3.63, 3.8) is 0 Å². The molecule has 2 rings (SSSR count). The molecule has 0 bridgehead atoms. The van der Waals surface area contributed by atoms with Crippen molar-refractivity contribution in [1.29, 1.82) is 0 Å². The molecule has 2 amide bonds. The van der Waals surface area contributed by atoms with E-state index in [0.29, 0.717) is 40.5 Å². The summed E-state index contributed by atoms with van der Waals surface area (Å²) in [6.07, 6.45) is 2.18. The topological polar surface area (TPSA) is 184 Å². The lowest BCUT2D eigenvalue weighted by Gasteiger charge is -2.10. The number of hydrogen-bond acceptors (Lipinski definition) is 10. The van der Waals surface area contributed by atoms with Gasteiger partial charge in [-0.25, -0.2) is 0 Å². The van der Waals surface area contributed by atoms with Gasteiger partial charge in [0.25, 0.3) is 0 Å². The van der Waals surface area contributed by atoms with Gasteiger partial charge in [-0.2, -0.15) is 0 Å². The Labute approximate surface area is 239 Å². The molecule has 222 valence electrons. The van der Waals surface area contributed by atoms with Gasteiger partial charge in [0.15, 0.2) is 0 Å². The molecule has 0 atom stereocenters. The third kappa shape index (κ3) is 13.0. The van der Waals surface area contributed by atoms with Gasteiger partial charge in [-0.3, -0.25) is 14.6 Å². The Kier molecular flexibility index (Phi) is 12.8. The molecular formula is C26H33F3N8O3S. The number of alkyl halides is 3. The fourth-order valence-corrected chi connectivity index (χ4v) is 4.16. The van der Waals surface area contributed by atoms with Crippen LogP contribution in [0.1, 0.15) is 43.2 Å². The highest BCUT2D eigenvalue weighted by molar-refractivity contribution is 7.15. The van der Waals surface area contributed by atoms with Crippen LogP contribution in [0.2, 0.25) is 0 Å². The Balaban J connectivity index is 1.73. The number of nitrogens with one attached hydrogen (secondary N) is 2. The lowest BCUT2D eigenvalue weighted by Crippen LogP contribution is -2.28. The van der Waals surface area contributed by atoms with E-state index in [2.05, 4.69) is 30.6 Å². The van der Waals surface area contributed by atoms with Gasteiger partial charge in [-0.05, 0) is 67.8 Å². The fourth-order valence-electron chi connectivity index (χ4n) is 3.36. The Morgan fingerprint density at radius 2 is 1.90 bits per heavy atom. The number of anilines is 1. The summed E-state index contributed by atoms with van der Waals surface area (Å²) in [4.78, 5) is 28.4. The minimum Gasteiger partial charge on any atom is -0.406 e. The molecule has 1 heterocycles. The van der Waals surface area contributed by atoms with Crippen molar-refractivity contribution in [1.82, 2.24) is 15.5 Å². The molecule has 0 aliphatic rings. The molecule has 0 aliphatic carbocycles. The number of hydrogen-bond donors (Lipinski definition) is 5. The minimum absolute atomic E-state index is 0.0373. The van der Waals surface area contributed by atoms with Gasteiger partial charge >= 0.3 is 6.36 Å². The largest absolute Gasteiger partial charge is 0.573 e.